The van der Waals surface area contributed by atoms with Gasteiger partial charge in [0.05, 0.1) is 0 Å². The first-order chi connectivity index (χ1) is 25.2. The Bertz CT molecular complexity index is 788. The molecule has 4 nitrogen and oxygen atoms in total. The number of carboxylic acid groups (broad SMARTS) is 2. The molecule has 0 aromatic carbocycles. The summed E-state index contributed by atoms with van der Waals surface area (Å²) in [5.41, 5.74) is -1.24. The average Bonchev–Trinajstić information content (AvgIpc) is 3.14. The second kappa shape index (κ2) is 39.6. The summed E-state index contributed by atoms with van der Waals surface area (Å²) in [6.45, 7) is 16.8. The van der Waals surface area contributed by atoms with E-state index in [1.807, 2.05) is 27.7 Å². The molecule has 0 amide bonds. The van der Waals surface area contributed by atoms with E-state index in [2.05, 4.69) is 52.0 Å². The normalized spacial score (nSPS) is 13.1. The third-order valence-electron chi connectivity index (χ3n) is 12.5. The predicted octanol–water partition coefficient (Wildman–Crippen LogP) is 13.3. The Morgan fingerprint density at radius 2 is 0.660 bits per heavy atom. The maximum Gasteiger partial charge on any atom is 2.00 e. The summed E-state index contributed by atoms with van der Waals surface area (Å²) in [6, 6.07) is 0. The van der Waals surface area contributed by atoms with Gasteiger partial charge in [-0.1, -0.05) is 182 Å². The molecule has 0 fully saturated rings. The Morgan fingerprint density at radius 3 is 0.887 bits per heavy atom. The van der Waals surface area contributed by atoms with E-state index >= 15 is 0 Å². The van der Waals surface area contributed by atoms with Gasteiger partial charge >= 0.3 is 27.3 Å². The second-order valence-electron chi connectivity index (χ2n) is 15.8. The first kappa shape index (κ1) is 56.7. The zero-order chi connectivity index (χ0) is 39.4. The number of carbonyl (C=O) groups is 2. The SMILES string of the molecule is CCCCCCCC/C=C\CCCCCC(CC)C(CC)(CC)C(=O)[O-].CCCCCCCC/C=C\CCCCCC(CC)C(CC)(CC)C(=O)[O-].[Pb+2]. The number of unbranched alkanes of at least 4 members (excludes halogenated alkanes) is 18. The van der Waals surface area contributed by atoms with Crippen LogP contribution >= 0.6 is 0 Å². The summed E-state index contributed by atoms with van der Waals surface area (Å²) >= 11 is 0. The van der Waals surface area contributed by atoms with E-state index in [0.717, 1.165) is 38.5 Å². The Labute approximate surface area is 352 Å². The number of carbonyl (C=O) groups excluding carboxylic acids is 2. The van der Waals surface area contributed by atoms with Gasteiger partial charge in [-0.15, -0.1) is 0 Å². The largest absolute Gasteiger partial charge is 2.00 e. The van der Waals surface area contributed by atoms with Gasteiger partial charge in [0.1, 0.15) is 0 Å². The number of hydrogen-bond acceptors (Lipinski definition) is 4. The van der Waals surface area contributed by atoms with Crippen molar-refractivity contribution in [1.29, 1.82) is 0 Å². The molecule has 2 radical (unpaired) electrons. The minimum absolute atomic E-state index is 0. The number of allylic oxidation sites excluding steroid dienone is 4. The Morgan fingerprint density at radius 1 is 0.415 bits per heavy atom. The van der Waals surface area contributed by atoms with Crippen LogP contribution in [0.25, 0.3) is 0 Å². The van der Waals surface area contributed by atoms with Crippen LogP contribution in [-0.2, 0) is 9.59 Å². The zero-order valence-electron chi connectivity index (χ0n) is 36.8. The molecule has 53 heavy (non-hydrogen) atoms. The number of hydrogen-bond donors (Lipinski definition) is 0. The van der Waals surface area contributed by atoms with Crippen molar-refractivity contribution < 1.29 is 19.8 Å². The molecule has 2 unspecified atom stereocenters. The zero-order valence-corrected chi connectivity index (χ0v) is 40.7. The summed E-state index contributed by atoms with van der Waals surface area (Å²) in [5.74, 6) is -1.17. The number of rotatable bonds is 36. The molecule has 0 saturated heterocycles. The van der Waals surface area contributed by atoms with Crippen LogP contribution in [0, 0.1) is 22.7 Å². The fraction of sp³-hybridized carbons (Fsp3) is 0.875. The molecule has 0 N–H and O–H groups in total. The van der Waals surface area contributed by atoms with Crippen LogP contribution in [0.3, 0.4) is 0 Å². The van der Waals surface area contributed by atoms with Crippen molar-refractivity contribution in [2.75, 3.05) is 0 Å². The van der Waals surface area contributed by atoms with E-state index in [1.165, 1.54) is 128 Å². The first-order valence-corrected chi connectivity index (χ1v) is 22.9. The fourth-order valence-corrected chi connectivity index (χ4v) is 8.52. The van der Waals surface area contributed by atoms with Crippen molar-refractivity contribution in [2.45, 2.75) is 248 Å². The summed E-state index contributed by atoms with van der Waals surface area (Å²) < 4.78 is 0. The van der Waals surface area contributed by atoms with Crippen LogP contribution in [0.2, 0.25) is 0 Å². The summed E-state index contributed by atoms with van der Waals surface area (Å²) in [6.07, 6.45) is 44.4. The van der Waals surface area contributed by atoms with Crippen LogP contribution in [0.5, 0.6) is 0 Å². The molecule has 0 aromatic heterocycles. The van der Waals surface area contributed by atoms with Crippen LogP contribution in [0.1, 0.15) is 248 Å². The Kier molecular flexibility index (Phi) is 42.3. The van der Waals surface area contributed by atoms with Crippen molar-refractivity contribution in [3.8, 4) is 0 Å². The van der Waals surface area contributed by atoms with Gasteiger partial charge < -0.3 is 19.8 Å². The quantitative estimate of drug-likeness (QED) is 0.0356. The van der Waals surface area contributed by atoms with Crippen molar-refractivity contribution in [3.63, 3.8) is 0 Å². The average molecular weight is 938 g/mol. The third-order valence-corrected chi connectivity index (χ3v) is 12.5. The van der Waals surface area contributed by atoms with Crippen molar-refractivity contribution >= 4 is 39.2 Å². The summed E-state index contributed by atoms with van der Waals surface area (Å²) in [5, 5.41) is 23.4. The molecular formula is C48H90O4Pb. The predicted molar refractivity (Wildman–Crippen MR) is 230 cm³/mol. The van der Waals surface area contributed by atoms with E-state index < -0.39 is 22.8 Å². The van der Waals surface area contributed by atoms with E-state index in [1.54, 1.807) is 0 Å². The van der Waals surface area contributed by atoms with Crippen LogP contribution in [-0.4, -0.2) is 39.2 Å². The van der Waals surface area contributed by atoms with E-state index in [9.17, 15) is 19.8 Å². The Hall–Kier alpha value is -0.658. The minimum atomic E-state index is -0.841. The van der Waals surface area contributed by atoms with Gasteiger partial charge in [0, 0.05) is 22.8 Å². The van der Waals surface area contributed by atoms with Crippen molar-refractivity contribution in [1.82, 2.24) is 0 Å². The number of carboxylic acids is 2. The molecule has 0 spiro atoms. The summed E-state index contributed by atoms with van der Waals surface area (Å²) in [7, 11) is 0. The monoisotopic (exact) mass is 939 g/mol. The van der Waals surface area contributed by atoms with Gasteiger partial charge in [-0.05, 0) is 102 Å². The molecule has 0 aliphatic rings. The molecule has 0 rings (SSSR count). The minimum Gasteiger partial charge on any atom is -0.550 e. The first-order valence-electron chi connectivity index (χ1n) is 22.9. The van der Waals surface area contributed by atoms with Gasteiger partial charge in [-0.3, -0.25) is 0 Å². The van der Waals surface area contributed by atoms with Gasteiger partial charge in [-0.25, -0.2) is 0 Å². The summed E-state index contributed by atoms with van der Waals surface area (Å²) in [4.78, 5) is 23.4. The van der Waals surface area contributed by atoms with E-state index in [4.69, 9.17) is 0 Å². The molecule has 5 heteroatoms. The van der Waals surface area contributed by atoms with E-state index in [-0.39, 0.29) is 39.1 Å². The van der Waals surface area contributed by atoms with Crippen molar-refractivity contribution in [2.24, 2.45) is 22.7 Å². The standard InChI is InChI=1S/2C24H46O2.Pb/c2*1-5-9-10-11-12-13-14-15-16-17-18-19-20-21-22(6-2)24(7-3,8-4)23(25)26;/h2*15-16,22H,5-14,17-21H2,1-4H3,(H,25,26);/q;;+2/p-2/b2*16-15-;. The maximum atomic E-state index is 11.7. The molecule has 0 saturated carbocycles. The van der Waals surface area contributed by atoms with Crippen LogP contribution in [0.15, 0.2) is 24.3 Å². The van der Waals surface area contributed by atoms with E-state index in [0.29, 0.717) is 25.7 Å². The van der Waals surface area contributed by atoms with Gasteiger partial charge in [0.25, 0.3) is 0 Å². The van der Waals surface area contributed by atoms with Gasteiger partial charge in [-0.2, -0.15) is 0 Å². The fourth-order valence-electron chi connectivity index (χ4n) is 8.52. The molecule has 0 bridgehead atoms. The van der Waals surface area contributed by atoms with Crippen LogP contribution < -0.4 is 10.2 Å². The second-order valence-corrected chi connectivity index (χ2v) is 15.8. The number of aliphatic carboxylic acids is 2. The third kappa shape index (κ3) is 26.0. The maximum absolute atomic E-state index is 11.7. The smallest absolute Gasteiger partial charge is 0.550 e. The van der Waals surface area contributed by atoms with Crippen LogP contribution in [0.4, 0.5) is 0 Å². The molecule has 0 aromatic rings. The van der Waals surface area contributed by atoms with Gasteiger partial charge in [0.15, 0.2) is 0 Å². The molecule has 310 valence electrons. The molecule has 2 atom stereocenters. The van der Waals surface area contributed by atoms with Crippen molar-refractivity contribution in [3.05, 3.63) is 24.3 Å². The van der Waals surface area contributed by atoms with Gasteiger partial charge in [0.2, 0.25) is 0 Å². The molecule has 0 aliphatic carbocycles. The Balaban J connectivity index is -0.000000926. The topological polar surface area (TPSA) is 80.3 Å². The molecule has 0 heterocycles. The molecule has 0 aliphatic heterocycles. The molecular weight excluding hydrogens is 848 g/mol.